The van der Waals surface area contributed by atoms with Gasteiger partial charge in [-0.3, -0.25) is 0 Å². The highest BCUT2D eigenvalue weighted by Crippen LogP contribution is 2.24. The predicted molar refractivity (Wildman–Crippen MR) is 73.0 cm³/mol. The van der Waals surface area contributed by atoms with Gasteiger partial charge in [0.1, 0.15) is 17.5 Å². The monoisotopic (exact) mass is 300 g/mol. The Morgan fingerprint density at radius 3 is 2.25 bits per heavy atom. The summed E-state index contributed by atoms with van der Waals surface area (Å²) in [6.07, 6.45) is 1.79. The average Bonchev–Trinajstić information content (AvgIpc) is 2.44. The molecule has 0 amide bonds. The maximum atomic E-state index is 13.5. The van der Waals surface area contributed by atoms with Gasteiger partial charge in [-0.05, 0) is 6.26 Å². The lowest BCUT2D eigenvalue weighted by molar-refractivity contribution is 0.496. The van der Waals surface area contributed by atoms with Gasteiger partial charge >= 0.3 is 0 Å². The highest BCUT2D eigenvalue weighted by Gasteiger charge is 2.11. The van der Waals surface area contributed by atoms with E-state index in [2.05, 4.69) is 20.6 Å². The molecule has 0 bridgehead atoms. The summed E-state index contributed by atoms with van der Waals surface area (Å²) in [7, 11) is 1.67. The molecular formula is C12H11F3N4S. The predicted octanol–water partition coefficient (Wildman–Crippen LogP) is 3.40. The van der Waals surface area contributed by atoms with Crippen molar-refractivity contribution >= 4 is 29.1 Å². The van der Waals surface area contributed by atoms with Gasteiger partial charge in [0.2, 0.25) is 0 Å². The molecule has 0 radical (unpaired) electrons. The van der Waals surface area contributed by atoms with Gasteiger partial charge in [0.05, 0.1) is 5.69 Å². The molecule has 8 heteroatoms. The molecule has 0 unspecified atom stereocenters. The number of thioether (sulfide) groups is 1. The SMILES string of the molecule is CNc1cc(Nc2cc(F)c(F)cc2F)nc(SC)n1. The van der Waals surface area contributed by atoms with Crippen LogP contribution in [0, 0.1) is 17.5 Å². The number of hydrogen-bond acceptors (Lipinski definition) is 5. The number of benzene rings is 1. The van der Waals surface area contributed by atoms with Crippen LogP contribution < -0.4 is 10.6 Å². The maximum Gasteiger partial charge on any atom is 0.191 e. The fraction of sp³-hybridized carbons (Fsp3) is 0.167. The number of nitrogens with one attached hydrogen (secondary N) is 2. The smallest absolute Gasteiger partial charge is 0.191 e. The minimum atomic E-state index is -1.24. The molecule has 2 rings (SSSR count). The number of rotatable bonds is 4. The molecule has 106 valence electrons. The van der Waals surface area contributed by atoms with Crippen molar-refractivity contribution in [1.29, 1.82) is 0 Å². The van der Waals surface area contributed by atoms with Crippen LogP contribution >= 0.6 is 11.8 Å². The van der Waals surface area contributed by atoms with E-state index in [0.717, 1.165) is 6.07 Å². The van der Waals surface area contributed by atoms with Crippen LogP contribution in [0.5, 0.6) is 0 Å². The van der Waals surface area contributed by atoms with E-state index in [1.807, 2.05) is 0 Å². The summed E-state index contributed by atoms with van der Waals surface area (Å²) in [5.74, 6) is -2.48. The van der Waals surface area contributed by atoms with Crippen molar-refractivity contribution in [2.75, 3.05) is 23.9 Å². The Morgan fingerprint density at radius 2 is 1.60 bits per heavy atom. The van der Waals surface area contributed by atoms with Gasteiger partial charge < -0.3 is 10.6 Å². The highest BCUT2D eigenvalue weighted by atomic mass is 32.2. The first kappa shape index (κ1) is 14.4. The zero-order valence-corrected chi connectivity index (χ0v) is 11.5. The summed E-state index contributed by atoms with van der Waals surface area (Å²) in [4.78, 5) is 8.25. The molecule has 2 N–H and O–H groups in total. The summed E-state index contributed by atoms with van der Waals surface area (Å²) < 4.78 is 39.5. The fourth-order valence-electron chi connectivity index (χ4n) is 1.46. The lowest BCUT2D eigenvalue weighted by atomic mass is 10.3. The zero-order valence-electron chi connectivity index (χ0n) is 10.7. The Morgan fingerprint density at radius 1 is 0.950 bits per heavy atom. The first-order valence-corrected chi connectivity index (χ1v) is 6.78. The molecule has 0 aliphatic rings. The summed E-state index contributed by atoms with van der Waals surface area (Å²) in [5, 5.41) is 5.89. The minimum Gasteiger partial charge on any atom is -0.373 e. The van der Waals surface area contributed by atoms with Crippen molar-refractivity contribution in [2.24, 2.45) is 0 Å². The Labute approximate surface area is 117 Å². The molecule has 1 aromatic carbocycles. The molecule has 0 atom stereocenters. The summed E-state index contributed by atoms with van der Waals surface area (Å²) >= 11 is 1.30. The molecule has 1 aromatic heterocycles. The molecule has 0 saturated carbocycles. The molecule has 0 saturated heterocycles. The first-order valence-electron chi connectivity index (χ1n) is 5.56. The molecule has 4 nitrogen and oxygen atoms in total. The van der Waals surface area contributed by atoms with Crippen LogP contribution in [0.3, 0.4) is 0 Å². The van der Waals surface area contributed by atoms with E-state index in [1.165, 1.54) is 17.8 Å². The van der Waals surface area contributed by atoms with Gasteiger partial charge in [-0.15, -0.1) is 0 Å². The van der Waals surface area contributed by atoms with Crippen LogP contribution in [0.2, 0.25) is 0 Å². The van der Waals surface area contributed by atoms with Gasteiger partial charge in [0, 0.05) is 25.2 Å². The van der Waals surface area contributed by atoms with Crippen LogP contribution in [-0.4, -0.2) is 23.3 Å². The highest BCUT2D eigenvalue weighted by molar-refractivity contribution is 7.98. The molecule has 1 heterocycles. The van der Waals surface area contributed by atoms with Crippen molar-refractivity contribution in [3.8, 4) is 0 Å². The minimum absolute atomic E-state index is 0.197. The second kappa shape index (κ2) is 6.00. The molecule has 2 aromatic rings. The summed E-state index contributed by atoms with van der Waals surface area (Å²) in [6, 6.07) is 2.75. The number of hydrogen-bond donors (Lipinski definition) is 2. The number of halogens is 3. The second-order valence-corrected chi connectivity index (χ2v) is 4.52. The van der Waals surface area contributed by atoms with Crippen LogP contribution in [0.15, 0.2) is 23.4 Å². The van der Waals surface area contributed by atoms with Crippen molar-refractivity contribution in [2.45, 2.75) is 5.16 Å². The lowest BCUT2D eigenvalue weighted by Gasteiger charge is -2.10. The van der Waals surface area contributed by atoms with E-state index in [9.17, 15) is 13.2 Å². The molecule has 0 aliphatic heterocycles. The third kappa shape index (κ3) is 3.13. The Balaban J connectivity index is 2.36. The third-order valence-electron chi connectivity index (χ3n) is 2.42. The van der Waals surface area contributed by atoms with E-state index in [4.69, 9.17) is 0 Å². The molecule has 20 heavy (non-hydrogen) atoms. The number of nitrogens with zero attached hydrogens (tertiary/aromatic N) is 2. The largest absolute Gasteiger partial charge is 0.373 e. The van der Waals surface area contributed by atoms with Gasteiger partial charge in [0.15, 0.2) is 16.8 Å². The van der Waals surface area contributed by atoms with Gasteiger partial charge in [-0.2, -0.15) is 0 Å². The Bertz CT molecular complexity index is 614. The van der Waals surface area contributed by atoms with Crippen molar-refractivity contribution in [1.82, 2.24) is 9.97 Å². The van der Waals surface area contributed by atoms with Crippen molar-refractivity contribution in [3.63, 3.8) is 0 Å². The standard InChI is InChI=1S/C12H11F3N4S/c1-16-10-5-11(19-12(18-10)20-2)17-9-4-7(14)6(13)3-8(9)15/h3-5H,1-2H3,(H2,16,17,18,19). The van der Waals surface area contributed by atoms with Crippen molar-refractivity contribution < 1.29 is 13.2 Å². The van der Waals surface area contributed by atoms with Crippen LogP contribution in [-0.2, 0) is 0 Å². The molecule has 0 spiro atoms. The topological polar surface area (TPSA) is 49.8 Å². The van der Waals surface area contributed by atoms with E-state index in [0.29, 0.717) is 17.0 Å². The molecule has 0 aliphatic carbocycles. The van der Waals surface area contributed by atoms with Gasteiger partial charge in [-0.1, -0.05) is 11.8 Å². The third-order valence-corrected chi connectivity index (χ3v) is 2.96. The quantitative estimate of drug-likeness (QED) is 0.515. The molecular weight excluding hydrogens is 289 g/mol. The zero-order chi connectivity index (χ0) is 14.7. The van der Waals surface area contributed by atoms with Crippen LogP contribution in [0.4, 0.5) is 30.5 Å². The lowest BCUT2D eigenvalue weighted by Crippen LogP contribution is -2.02. The maximum absolute atomic E-state index is 13.5. The van der Waals surface area contributed by atoms with Gasteiger partial charge in [-0.25, -0.2) is 23.1 Å². The van der Waals surface area contributed by atoms with E-state index < -0.39 is 17.5 Å². The number of anilines is 3. The average molecular weight is 300 g/mol. The fourth-order valence-corrected chi connectivity index (χ4v) is 1.84. The van der Waals surface area contributed by atoms with E-state index in [1.54, 1.807) is 13.3 Å². The van der Waals surface area contributed by atoms with E-state index >= 15 is 0 Å². The van der Waals surface area contributed by atoms with E-state index in [-0.39, 0.29) is 11.5 Å². The summed E-state index contributed by atoms with van der Waals surface area (Å²) in [5.41, 5.74) is -0.197. The first-order chi connectivity index (χ1) is 9.53. The normalized spacial score (nSPS) is 10.4. The van der Waals surface area contributed by atoms with Crippen molar-refractivity contribution in [3.05, 3.63) is 35.7 Å². The van der Waals surface area contributed by atoms with Gasteiger partial charge in [0.25, 0.3) is 0 Å². The van der Waals surface area contributed by atoms with Crippen LogP contribution in [0.1, 0.15) is 0 Å². The van der Waals surface area contributed by atoms with Crippen LogP contribution in [0.25, 0.3) is 0 Å². The number of aromatic nitrogens is 2. The second-order valence-electron chi connectivity index (χ2n) is 3.75. The summed E-state index contributed by atoms with van der Waals surface area (Å²) in [6.45, 7) is 0. The Kier molecular flexibility index (Phi) is 4.33. The Hall–Kier alpha value is -1.96. The molecule has 0 fully saturated rings.